The third-order valence-corrected chi connectivity index (χ3v) is 5.08. The SMILES string of the molecule is O=C1c2ccccc2C(=O)c2c(O)c(C(O)C/C=C/c3ccc(F)cc3)cc(O)c21. The quantitative estimate of drug-likeness (QED) is 0.444. The van der Waals surface area contributed by atoms with Gasteiger partial charge < -0.3 is 15.3 Å². The molecule has 3 aromatic rings. The molecule has 6 heteroatoms. The number of halogens is 1. The summed E-state index contributed by atoms with van der Waals surface area (Å²) in [6, 6.07) is 13.0. The Bertz CT molecular complexity index is 1190. The van der Waals surface area contributed by atoms with Gasteiger partial charge in [-0.05, 0) is 30.2 Å². The van der Waals surface area contributed by atoms with Gasteiger partial charge in [-0.3, -0.25) is 9.59 Å². The zero-order valence-electron chi connectivity index (χ0n) is 15.7. The Morgan fingerprint density at radius 2 is 1.50 bits per heavy atom. The van der Waals surface area contributed by atoms with E-state index in [0.717, 1.165) is 11.6 Å². The second-order valence-electron chi connectivity index (χ2n) is 6.99. The Kier molecular flexibility index (Phi) is 4.93. The van der Waals surface area contributed by atoms with Crippen molar-refractivity contribution in [3.8, 4) is 11.5 Å². The first-order chi connectivity index (χ1) is 14.4. The molecule has 0 heterocycles. The van der Waals surface area contributed by atoms with Crippen LogP contribution in [0, 0.1) is 5.82 Å². The molecule has 0 aliphatic heterocycles. The monoisotopic (exact) mass is 404 g/mol. The van der Waals surface area contributed by atoms with Crippen molar-refractivity contribution in [2.24, 2.45) is 0 Å². The van der Waals surface area contributed by atoms with Gasteiger partial charge in [0.2, 0.25) is 0 Å². The van der Waals surface area contributed by atoms with Crippen LogP contribution in [0.25, 0.3) is 6.08 Å². The van der Waals surface area contributed by atoms with E-state index in [-0.39, 0.29) is 40.1 Å². The van der Waals surface area contributed by atoms with Gasteiger partial charge in [-0.1, -0.05) is 48.6 Å². The highest BCUT2D eigenvalue weighted by molar-refractivity contribution is 6.30. The number of carbonyl (C=O) groups is 2. The Hall–Kier alpha value is -3.77. The number of hydrogen-bond acceptors (Lipinski definition) is 5. The molecule has 1 atom stereocenters. The Labute approximate surface area is 171 Å². The summed E-state index contributed by atoms with van der Waals surface area (Å²) in [4.78, 5) is 25.6. The second kappa shape index (κ2) is 7.57. The van der Waals surface area contributed by atoms with E-state index in [9.17, 15) is 29.3 Å². The molecular weight excluding hydrogens is 387 g/mol. The van der Waals surface area contributed by atoms with Gasteiger partial charge in [-0.25, -0.2) is 4.39 Å². The van der Waals surface area contributed by atoms with Crippen LogP contribution in [0.3, 0.4) is 0 Å². The first kappa shape index (κ1) is 19.5. The van der Waals surface area contributed by atoms with E-state index in [1.54, 1.807) is 36.4 Å². The minimum absolute atomic E-state index is 0.0574. The average molecular weight is 404 g/mol. The molecule has 0 fully saturated rings. The van der Waals surface area contributed by atoms with Gasteiger partial charge >= 0.3 is 0 Å². The fourth-order valence-electron chi connectivity index (χ4n) is 3.57. The molecule has 150 valence electrons. The van der Waals surface area contributed by atoms with E-state index in [1.807, 2.05) is 0 Å². The Balaban J connectivity index is 1.67. The Morgan fingerprint density at radius 1 is 0.900 bits per heavy atom. The van der Waals surface area contributed by atoms with Gasteiger partial charge in [0.15, 0.2) is 11.6 Å². The maximum absolute atomic E-state index is 13.0. The van der Waals surface area contributed by atoms with E-state index < -0.39 is 29.2 Å². The summed E-state index contributed by atoms with van der Waals surface area (Å²) in [6.45, 7) is 0. The van der Waals surface area contributed by atoms with Crippen molar-refractivity contribution in [3.63, 3.8) is 0 Å². The van der Waals surface area contributed by atoms with Crippen LogP contribution in [0.15, 0.2) is 60.7 Å². The van der Waals surface area contributed by atoms with Crippen LogP contribution in [0.4, 0.5) is 4.39 Å². The molecule has 3 N–H and O–H groups in total. The molecule has 3 aromatic carbocycles. The predicted molar refractivity (Wildman–Crippen MR) is 108 cm³/mol. The maximum atomic E-state index is 13.0. The zero-order chi connectivity index (χ0) is 21.4. The molecule has 0 saturated carbocycles. The number of hydrogen-bond donors (Lipinski definition) is 3. The van der Waals surface area contributed by atoms with Gasteiger partial charge in [0.25, 0.3) is 0 Å². The van der Waals surface area contributed by atoms with Crippen molar-refractivity contribution < 1.29 is 29.3 Å². The number of rotatable bonds is 4. The highest BCUT2D eigenvalue weighted by Gasteiger charge is 2.36. The zero-order valence-corrected chi connectivity index (χ0v) is 15.7. The molecule has 0 spiro atoms. The summed E-state index contributed by atoms with van der Waals surface area (Å²) < 4.78 is 13.0. The van der Waals surface area contributed by atoms with Crippen LogP contribution in [0.5, 0.6) is 11.5 Å². The first-order valence-corrected chi connectivity index (χ1v) is 9.26. The normalized spacial score (nSPS) is 13.9. The second-order valence-corrected chi connectivity index (χ2v) is 6.99. The molecule has 0 radical (unpaired) electrons. The molecule has 5 nitrogen and oxygen atoms in total. The summed E-state index contributed by atoms with van der Waals surface area (Å²) in [5.41, 5.74) is 0.367. The molecule has 1 unspecified atom stereocenters. The fourth-order valence-corrected chi connectivity index (χ4v) is 3.57. The molecule has 1 aliphatic rings. The highest BCUT2D eigenvalue weighted by atomic mass is 19.1. The minimum atomic E-state index is -1.24. The summed E-state index contributed by atoms with van der Waals surface area (Å²) >= 11 is 0. The van der Waals surface area contributed by atoms with E-state index in [0.29, 0.717) is 0 Å². The summed E-state index contributed by atoms with van der Waals surface area (Å²) in [7, 11) is 0. The van der Waals surface area contributed by atoms with Crippen molar-refractivity contribution in [1.82, 2.24) is 0 Å². The summed E-state index contributed by atoms with van der Waals surface area (Å²) in [5, 5.41) is 31.6. The topological polar surface area (TPSA) is 94.8 Å². The number of ketones is 2. The molecular formula is C24H17FO5. The molecule has 4 rings (SSSR count). The third-order valence-electron chi connectivity index (χ3n) is 5.08. The van der Waals surface area contributed by atoms with E-state index in [2.05, 4.69) is 0 Å². The minimum Gasteiger partial charge on any atom is -0.507 e. The number of aliphatic hydroxyl groups excluding tert-OH is 1. The molecule has 1 aliphatic carbocycles. The van der Waals surface area contributed by atoms with Crippen molar-refractivity contribution in [1.29, 1.82) is 0 Å². The number of benzene rings is 3. The molecule has 0 bridgehead atoms. The Morgan fingerprint density at radius 3 is 2.13 bits per heavy atom. The average Bonchev–Trinajstić information content (AvgIpc) is 2.74. The van der Waals surface area contributed by atoms with E-state index in [4.69, 9.17) is 0 Å². The van der Waals surface area contributed by atoms with Crippen molar-refractivity contribution in [2.45, 2.75) is 12.5 Å². The van der Waals surface area contributed by atoms with Gasteiger partial charge in [-0.15, -0.1) is 0 Å². The lowest BCUT2D eigenvalue weighted by atomic mass is 9.81. The van der Waals surface area contributed by atoms with Crippen LogP contribution in [0.2, 0.25) is 0 Å². The van der Waals surface area contributed by atoms with Gasteiger partial charge in [0.05, 0.1) is 17.2 Å². The number of phenolic OH excluding ortho intramolecular Hbond substituents is 2. The van der Waals surface area contributed by atoms with Gasteiger partial charge in [0, 0.05) is 16.7 Å². The number of fused-ring (bicyclic) bond motifs is 2. The molecule has 0 saturated heterocycles. The number of aromatic hydroxyl groups is 2. The highest BCUT2D eigenvalue weighted by Crippen LogP contribution is 2.42. The fraction of sp³-hybridized carbons (Fsp3) is 0.0833. The third kappa shape index (κ3) is 3.27. The molecule has 30 heavy (non-hydrogen) atoms. The van der Waals surface area contributed by atoms with Crippen molar-refractivity contribution >= 4 is 17.6 Å². The van der Waals surface area contributed by atoms with Crippen LogP contribution in [0.1, 0.15) is 55.5 Å². The number of carbonyl (C=O) groups excluding carboxylic acids is 2. The van der Waals surface area contributed by atoms with Crippen LogP contribution in [-0.2, 0) is 0 Å². The number of phenols is 2. The van der Waals surface area contributed by atoms with E-state index in [1.165, 1.54) is 24.3 Å². The van der Waals surface area contributed by atoms with Gasteiger partial charge in [-0.2, -0.15) is 0 Å². The standard InChI is InChI=1S/C24H17FO5/c25-14-10-8-13(9-11-14)4-3-7-18(26)17-12-19(27)20-21(24(17)30)23(29)16-6-2-1-5-15(16)22(20)28/h1-6,8-12,18,26-27,30H,7H2/b4-3+. The van der Waals surface area contributed by atoms with Crippen molar-refractivity contribution in [2.75, 3.05) is 0 Å². The lowest BCUT2D eigenvalue weighted by Crippen LogP contribution is -2.22. The maximum Gasteiger partial charge on any atom is 0.198 e. The lowest BCUT2D eigenvalue weighted by Gasteiger charge is -2.22. The first-order valence-electron chi connectivity index (χ1n) is 9.26. The smallest absolute Gasteiger partial charge is 0.198 e. The van der Waals surface area contributed by atoms with E-state index >= 15 is 0 Å². The lowest BCUT2D eigenvalue weighted by molar-refractivity contribution is 0.0973. The number of aliphatic hydroxyl groups is 1. The van der Waals surface area contributed by atoms with Crippen LogP contribution in [-0.4, -0.2) is 26.9 Å². The molecule has 0 aromatic heterocycles. The predicted octanol–water partition coefficient (Wildman–Crippen LogP) is 4.15. The van der Waals surface area contributed by atoms with Crippen molar-refractivity contribution in [3.05, 3.63) is 99.9 Å². The van der Waals surface area contributed by atoms with Gasteiger partial charge in [0.1, 0.15) is 17.3 Å². The largest absolute Gasteiger partial charge is 0.507 e. The molecule has 0 amide bonds. The van der Waals surface area contributed by atoms with Crippen LogP contribution < -0.4 is 0 Å². The van der Waals surface area contributed by atoms with Crippen LogP contribution >= 0.6 is 0 Å². The summed E-state index contributed by atoms with van der Waals surface area (Å²) in [5.74, 6) is -2.53. The summed E-state index contributed by atoms with van der Waals surface area (Å²) in [6.07, 6.45) is 2.11.